The maximum atomic E-state index is 11.4. The van der Waals surface area contributed by atoms with Crippen molar-refractivity contribution in [3.63, 3.8) is 0 Å². The van der Waals surface area contributed by atoms with E-state index in [-0.39, 0.29) is 25.0 Å². The summed E-state index contributed by atoms with van der Waals surface area (Å²) >= 11 is 0. The van der Waals surface area contributed by atoms with Crippen LogP contribution in [0.4, 0.5) is 0 Å². The van der Waals surface area contributed by atoms with Gasteiger partial charge in [0.1, 0.15) is 11.2 Å². The standard InChI is InChI=1S/C11H14O2.C6H12O2.CH4/c1-11(2,3)13-10(12)9-7-5-4-6-8-9;1-5(7)8-6(2,3)4;/h4-8H,1-3H3;1-4H3;1H4. The predicted octanol–water partition coefficient (Wildman–Crippen LogP) is 4.63. The molecular weight excluding hydrogens is 280 g/mol. The minimum Gasteiger partial charge on any atom is -0.460 e. The Morgan fingerprint density at radius 2 is 1.23 bits per heavy atom. The molecule has 1 aromatic carbocycles. The molecule has 126 valence electrons. The van der Waals surface area contributed by atoms with Gasteiger partial charge in [-0.25, -0.2) is 4.79 Å². The van der Waals surface area contributed by atoms with Gasteiger partial charge in [-0.1, -0.05) is 25.6 Å². The van der Waals surface area contributed by atoms with E-state index in [4.69, 9.17) is 9.47 Å². The quantitative estimate of drug-likeness (QED) is 0.710. The van der Waals surface area contributed by atoms with Crippen molar-refractivity contribution in [1.29, 1.82) is 0 Å². The van der Waals surface area contributed by atoms with Crippen LogP contribution >= 0.6 is 0 Å². The average molecular weight is 310 g/mol. The van der Waals surface area contributed by atoms with E-state index in [1.54, 1.807) is 12.1 Å². The van der Waals surface area contributed by atoms with Gasteiger partial charge in [0.2, 0.25) is 0 Å². The first-order valence-corrected chi connectivity index (χ1v) is 6.89. The Bertz CT molecular complexity index is 450. The van der Waals surface area contributed by atoms with Crippen LogP contribution < -0.4 is 0 Å². The van der Waals surface area contributed by atoms with E-state index < -0.39 is 5.60 Å². The summed E-state index contributed by atoms with van der Waals surface area (Å²) in [6, 6.07) is 8.99. The van der Waals surface area contributed by atoms with Gasteiger partial charge in [0.25, 0.3) is 0 Å². The summed E-state index contributed by atoms with van der Waals surface area (Å²) in [5, 5.41) is 0. The van der Waals surface area contributed by atoms with Gasteiger partial charge in [0, 0.05) is 6.92 Å². The zero-order valence-electron chi connectivity index (χ0n) is 14.0. The lowest BCUT2D eigenvalue weighted by atomic mass is 10.2. The summed E-state index contributed by atoms with van der Waals surface area (Å²) in [5.41, 5.74) is -0.156. The number of carbonyl (C=O) groups excluding carboxylic acids is 2. The van der Waals surface area contributed by atoms with Crippen molar-refractivity contribution in [1.82, 2.24) is 0 Å². The molecule has 0 aliphatic heterocycles. The molecule has 0 bridgehead atoms. The van der Waals surface area contributed by atoms with Gasteiger partial charge < -0.3 is 9.47 Å². The molecule has 0 saturated carbocycles. The Morgan fingerprint density at radius 3 is 1.50 bits per heavy atom. The van der Waals surface area contributed by atoms with Crippen LogP contribution in [0.15, 0.2) is 30.3 Å². The Labute approximate surface area is 134 Å². The maximum absolute atomic E-state index is 11.4. The summed E-state index contributed by atoms with van der Waals surface area (Å²) in [6.07, 6.45) is 0. The second kappa shape index (κ2) is 9.23. The van der Waals surface area contributed by atoms with E-state index in [2.05, 4.69) is 0 Å². The average Bonchev–Trinajstić information content (AvgIpc) is 2.25. The molecule has 0 aliphatic rings. The van der Waals surface area contributed by atoms with Crippen molar-refractivity contribution in [3.8, 4) is 0 Å². The lowest BCUT2D eigenvalue weighted by molar-refractivity contribution is -0.151. The maximum Gasteiger partial charge on any atom is 0.338 e. The van der Waals surface area contributed by atoms with Gasteiger partial charge in [-0.2, -0.15) is 0 Å². The smallest absolute Gasteiger partial charge is 0.338 e. The lowest BCUT2D eigenvalue weighted by Crippen LogP contribution is -2.23. The third-order valence-electron chi connectivity index (χ3n) is 1.86. The highest BCUT2D eigenvalue weighted by Crippen LogP contribution is 2.11. The number of benzene rings is 1. The van der Waals surface area contributed by atoms with Crippen LogP contribution in [0, 0.1) is 0 Å². The van der Waals surface area contributed by atoms with Crippen LogP contribution in [-0.2, 0) is 14.3 Å². The van der Waals surface area contributed by atoms with Crippen LogP contribution in [0.2, 0.25) is 0 Å². The molecule has 0 fully saturated rings. The Balaban J connectivity index is 0. The van der Waals surface area contributed by atoms with Crippen LogP contribution in [0.25, 0.3) is 0 Å². The van der Waals surface area contributed by atoms with Gasteiger partial charge in [-0.05, 0) is 53.7 Å². The number of rotatable bonds is 1. The minimum atomic E-state index is -0.424. The first kappa shape index (κ1) is 22.4. The summed E-state index contributed by atoms with van der Waals surface area (Å²) in [6.45, 7) is 12.5. The molecule has 0 unspecified atom stereocenters. The molecule has 4 nitrogen and oxygen atoms in total. The molecule has 0 aliphatic carbocycles. The highest BCUT2D eigenvalue weighted by Gasteiger charge is 2.17. The van der Waals surface area contributed by atoms with Gasteiger partial charge in [-0.15, -0.1) is 0 Å². The third kappa shape index (κ3) is 13.2. The number of carbonyl (C=O) groups is 2. The molecule has 1 rings (SSSR count). The summed E-state index contributed by atoms with van der Waals surface area (Å²) in [5.74, 6) is -0.495. The zero-order valence-corrected chi connectivity index (χ0v) is 14.0. The molecule has 0 heterocycles. The minimum absolute atomic E-state index is 0. The number of esters is 2. The summed E-state index contributed by atoms with van der Waals surface area (Å²) in [4.78, 5) is 21.7. The topological polar surface area (TPSA) is 52.6 Å². The van der Waals surface area contributed by atoms with Crippen molar-refractivity contribution < 1.29 is 19.1 Å². The molecular formula is C18H30O4. The fourth-order valence-corrected chi connectivity index (χ4v) is 1.34. The highest BCUT2D eigenvalue weighted by atomic mass is 16.6. The molecule has 0 atom stereocenters. The predicted molar refractivity (Wildman–Crippen MR) is 89.9 cm³/mol. The van der Waals surface area contributed by atoms with Crippen molar-refractivity contribution in [2.24, 2.45) is 0 Å². The number of hydrogen-bond acceptors (Lipinski definition) is 4. The molecule has 1 aromatic rings. The van der Waals surface area contributed by atoms with Gasteiger partial charge >= 0.3 is 11.9 Å². The fraction of sp³-hybridized carbons (Fsp3) is 0.556. The van der Waals surface area contributed by atoms with Crippen LogP contribution in [-0.4, -0.2) is 23.1 Å². The van der Waals surface area contributed by atoms with E-state index in [0.29, 0.717) is 5.56 Å². The van der Waals surface area contributed by atoms with E-state index in [9.17, 15) is 9.59 Å². The van der Waals surface area contributed by atoms with E-state index in [1.807, 2.05) is 59.7 Å². The van der Waals surface area contributed by atoms with Crippen molar-refractivity contribution in [3.05, 3.63) is 35.9 Å². The molecule has 0 saturated heterocycles. The molecule has 0 N–H and O–H groups in total. The fourth-order valence-electron chi connectivity index (χ4n) is 1.34. The zero-order chi connectivity index (χ0) is 16.7. The van der Waals surface area contributed by atoms with Crippen molar-refractivity contribution in [2.75, 3.05) is 0 Å². The Kier molecular flexibility index (Phi) is 9.42. The largest absolute Gasteiger partial charge is 0.460 e. The second-order valence-electron chi connectivity index (χ2n) is 6.57. The summed E-state index contributed by atoms with van der Waals surface area (Å²) < 4.78 is 9.98. The molecule has 22 heavy (non-hydrogen) atoms. The van der Waals surface area contributed by atoms with Crippen LogP contribution in [0.1, 0.15) is 66.3 Å². The Hall–Kier alpha value is -1.84. The first-order valence-electron chi connectivity index (χ1n) is 6.89. The lowest BCUT2D eigenvalue weighted by Gasteiger charge is -2.19. The van der Waals surface area contributed by atoms with Gasteiger partial charge in [-0.3, -0.25) is 4.79 Å². The molecule has 0 amide bonds. The summed E-state index contributed by atoms with van der Waals surface area (Å²) in [7, 11) is 0. The Morgan fingerprint density at radius 1 is 0.818 bits per heavy atom. The number of ether oxygens (including phenoxy) is 2. The first-order chi connectivity index (χ1) is 9.41. The van der Waals surface area contributed by atoms with Crippen LogP contribution in [0.3, 0.4) is 0 Å². The number of hydrogen-bond donors (Lipinski definition) is 0. The monoisotopic (exact) mass is 310 g/mol. The normalized spacial score (nSPS) is 10.5. The second-order valence-corrected chi connectivity index (χ2v) is 6.57. The molecule has 0 aromatic heterocycles. The van der Waals surface area contributed by atoms with E-state index in [1.165, 1.54) is 6.92 Å². The SMILES string of the molecule is C.CC(=O)OC(C)(C)C.CC(C)(C)OC(=O)c1ccccc1. The van der Waals surface area contributed by atoms with Crippen molar-refractivity contribution in [2.45, 2.75) is 67.1 Å². The van der Waals surface area contributed by atoms with Gasteiger partial charge in [0.15, 0.2) is 0 Å². The van der Waals surface area contributed by atoms with E-state index in [0.717, 1.165) is 0 Å². The van der Waals surface area contributed by atoms with Crippen molar-refractivity contribution >= 4 is 11.9 Å². The third-order valence-corrected chi connectivity index (χ3v) is 1.86. The highest BCUT2D eigenvalue weighted by molar-refractivity contribution is 5.89. The van der Waals surface area contributed by atoms with Gasteiger partial charge in [0.05, 0.1) is 5.56 Å². The van der Waals surface area contributed by atoms with E-state index >= 15 is 0 Å². The molecule has 4 heteroatoms. The van der Waals surface area contributed by atoms with Crippen LogP contribution in [0.5, 0.6) is 0 Å². The molecule has 0 spiro atoms. The molecule has 0 radical (unpaired) electrons.